The van der Waals surface area contributed by atoms with Gasteiger partial charge >= 0.3 is 0 Å². The van der Waals surface area contributed by atoms with Crippen molar-refractivity contribution in [3.63, 3.8) is 0 Å². The molecule has 0 aliphatic rings. The van der Waals surface area contributed by atoms with Crippen molar-refractivity contribution in [1.29, 1.82) is 0 Å². The van der Waals surface area contributed by atoms with Crippen molar-refractivity contribution in [1.82, 2.24) is 9.97 Å². The van der Waals surface area contributed by atoms with Crippen molar-refractivity contribution in [2.45, 2.75) is 6.92 Å². The van der Waals surface area contributed by atoms with E-state index in [4.69, 9.17) is 34.8 Å². The lowest BCUT2D eigenvalue weighted by molar-refractivity contribution is 1.10. The largest absolute Gasteiger partial charge is 0.339 e. The number of nitrogens with zero attached hydrogens (tertiary/aromatic N) is 2. The van der Waals surface area contributed by atoms with Gasteiger partial charge in [-0.05, 0) is 46.6 Å². The first-order valence-electron chi connectivity index (χ1n) is 4.89. The van der Waals surface area contributed by atoms with Gasteiger partial charge in [0, 0.05) is 16.2 Å². The second-order valence-corrected chi connectivity index (χ2v) is 5.46. The van der Waals surface area contributed by atoms with Crippen LogP contribution in [0.15, 0.2) is 22.7 Å². The van der Waals surface area contributed by atoms with Crippen LogP contribution in [0.2, 0.25) is 15.3 Å². The summed E-state index contributed by atoms with van der Waals surface area (Å²) in [5.41, 5.74) is 1.41. The van der Waals surface area contributed by atoms with Crippen molar-refractivity contribution < 1.29 is 0 Å². The monoisotopic (exact) mass is 365 g/mol. The molecule has 1 aromatic heterocycles. The van der Waals surface area contributed by atoms with Gasteiger partial charge in [0.05, 0.1) is 15.7 Å². The Morgan fingerprint density at radius 1 is 1.11 bits per heavy atom. The third kappa shape index (κ3) is 3.06. The molecule has 0 atom stereocenters. The van der Waals surface area contributed by atoms with E-state index in [1.165, 1.54) is 0 Å². The van der Waals surface area contributed by atoms with E-state index in [2.05, 4.69) is 31.2 Å². The average Bonchev–Trinajstić information content (AvgIpc) is 2.29. The molecule has 0 spiro atoms. The summed E-state index contributed by atoms with van der Waals surface area (Å²) in [6.45, 7) is 1.83. The maximum atomic E-state index is 6.13. The summed E-state index contributed by atoms with van der Waals surface area (Å²) in [5, 5.41) is 4.09. The summed E-state index contributed by atoms with van der Waals surface area (Å²) in [4.78, 5) is 8.03. The van der Waals surface area contributed by atoms with E-state index in [-0.39, 0.29) is 5.28 Å². The van der Waals surface area contributed by atoms with Crippen LogP contribution in [-0.2, 0) is 0 Å². The van der Waals surface area contributed by atoms with Gasteiger partial charge < -0.3 is 5.32 Å². The SMILES string of the molecule is Cc1cc(Nc2ccc(Br)c(Cl)c2Cl)nc(Cl)n1. The van der Waals surface area contributed by atoms with Crippen LogP contribution in [0, 0.1) is 6.92 Å². The van der Waals surface area contributed by atoms with E-state index in [0.717, 1.165) is 10.2 Å². The number of halogens is 4. The Hall–Kier alpha value is -0.550. The third-order valence-electron chi connectivity index (χ3n) is 2.12. The second kappa shape index (κ2) is 5.61. The Balaban J connectivity index is 2.37. The first kappa shape index (κ1) is 13.9. The molecule has 0 radical (unpaired) electrons. The Morgan fingerprint density at radius 3 is 2.50 bits per heavy atom. The summed E-state index contributed by atoms with van der Waals surface area (Å²) in [5.74, 6) is 0.563. The molecular formula is C11H7BrCl3N3. The fourth-order valence-corrected chi connectivity index (χ4v) is 2.40. The molecule has 2 rings (SSSR count). The van der Waals surface area contributed by atoms with Crippen LogP contribution in [-0.4, -0.2) is 9.97 Å². The van der Waals surface area contributed by atoms with Crippen molar-refractivity contribution in [3.05, 3.63) is 43.7 Å². The standard InChI is InChI=1S/C11H7BrCl3N3/c1-5-4-8(18-11(15)16-5)17-7-3-2-6(12)9(13)10(7)14/h2-4H,1H3,(H,16,17,18). The van der Waals surface area contributed by atoms with E-state index in [1.54, 1.807) is 18.2 Å². The van der Waals surface area contributed by atoms with Crippen LogP contribution in [0.5, 0.6) is 0 Å². The molecule has 0 aliphatic carbocycles. The highest BCUT2D eigenvalue weighted by Gasteiger charge is 2.09. The summed E-state index contributed by atoms with van der Waals surface area (Å²) in [6.07, 6.45) is 0. The second-order valence-electron chi connectivity index (χ2n) is 3.51. The molecule has 0 saturated carbocycles. The number of nitrogens with one attached hydrogen (secondary N) is 1. The van der Waals surface area contributed by atoms with Crippen LogP contribution < -0.4 is 5.32 Å². The molecule has 0 bridgehead atoms. The molecule has 0 unspecified atom stereocenters. The van der Waals surface area contributed by atoms with Crippen LogP contribution in [0.4, 0.5) is 11.5 Å². The fourth-order valence-electron chi connectivity index (χ4n) is 1.36. The van der Waals surface area contributed by atoms with Gasteiger partial charge in [0.2, 0.25) is 5.28 Å². The van der Waals surface area contributed by atoms with Crippen LogP contribution >= 0.6 is 50.7 Å². The Labute approximate surface area is 128 Å². The molecule has 1 aromatic carbocycles. The van der Waals surface area contributed by atoms with Crippen molar-refractivity contribution in [3.8, 4) is 0 Å². The van der Waals surface area contributed by atoms with Gasteiger partial charge in [0.25, 0.3) is 0 Å². The highest BCUT2D eigenvalue weighted by atomic mass is 79.9. The van der Waals surface area contributed by atoms with Crippen LogP contribution in [0.1, 0.15) is 5.69 Å². The molecule has 18 heavy (non-hydrogen) atoms. The minimum Gasteiger partial charge on any atom is -0.339 e. The first-order valence-corrected chi connectivity index (χ1v) is 6.82. The lowest BCUT2D eigenvalue weighted by Crippen LogP contribution is -1.97. The Bertz CT molecular complexity index is 584. The van der Waals surface area contributed by atoms with Gasteiger partial charge in [0.1, 0.15) is 5.82 Å². The number of aryl methyl sites for hydroxylation is 1. The van der Waals surface area contributed by atoms with Gasteiger partial charge in [0.15, 0.2) is 0 Å². The number of benzene rings is 1. The van der Waals surface area contributed by atoms with Crippen molar-refractivity contribution >= 4 is 62.2 Å². The number of rotatable bonds is 2. The van der Waals surface area contributed by atoms with E-state index in [9.17, 15) is 0 Å². The molecule has 0 amide bonds. The van der Waals surface area contributed by atoms with Crippen molar-refractivity contribution in [2.24, 2.45) is 0 Å². The molecule has 1 N–H and O–H groups in total. The van der Waals surface area contributed by atoms with Gasteiger partial charge in [-0.15, -0.1) is 0 Å². The third-order valence-corrected chi connectivity index (χ3v) is 4.06. The summed E-state index contributed by atoms with van der Waals surface area (Å²) < 4.78 is 0.733. The summed E-state index contributed by atoms with van der Waals surface area (Å²) >= 11 is 21.2. The van der Waals surface area contributed by atoms with Gasteiger partial charge in [-0.1, -0.05) is 23.2 Å². The van der Waals surface area contributed by atoms with E-state index in [0.29, 0.717) is 21.6 Å². The Morgan fingerprint density at radius 2 is 1.83 bits per heavy atom. The molecule has 0 fully saturated rings. The average molecular weight is 367 g/mol. The summed E-state index contributed by atoms with van der Waals surface area (Å²) in [6, 6.07) is 5.36. The molecule has 2 aromatic rings. The molecule has 1 heterocycles. The van der Waals surface area contributed by atoms with Gasteiger partial charge in [-0.25, -0.2) is 9.97 Å². The highest BCUT2D eigenvalue weighted by Crippen LogP contribution is 2.36. The predicted octanol–water partition coefficient (Wildman–Crippen LogP) is 5.25. The minimum absolute atomic E-state index is 0.178. The zero-order valence-corrected chi connectivity index (χ0v) is 13.0. The van der Waals surface area contributed by atoms with Gasteiger partial charge in [-0.3, -0.25) is 0 Å². The molecule has 3 nitrogen and oxygen atoms in total. The van der Waals surface area contributed by atoms with E-state index < -0.39 is 0 Å². The minimum atomic E-state index is 0.178. The number of anilines is 2. The number of aromatic nitrogens is 2. The van der Waals surface area contributed by atoms with E-state index in [1.807, 2.05) is 6.92 Å². The lowest BCUT2D eigenvalue weighted by Gasteiger charge is -2.10. The normalized spacial score (nSPS) is 10.5. The number of hydrogen-bond acceptors (Lipinski definition) is 3. The molecule has 94 valence electrons. The first-order chi connectivity index (χ1) is 8.47. The zero-order chi connectivity index (χ0) is 13.3. The highest BCUT2D eigenvalue weighted by molar-refractivity contribution is 9.10. The van der Waals surface area contributed by atoms with Gasteiger partial charge in [-0.2, -0.15) is 0 Å². The summed E-state index contributed by atoms with van der Waals surface area (Å²) in [7, 11) is 0. The zero-order valence-electron chi connectivity index (χ0n) is 9.14. The molecule has 0 aliphatic heterocycles. The molecule has 7 heteroatoms. The van der Waals surface area contributed by atoms with Crippen LogP contribution in [0.3, 0.4) is 0 Å². The fraction of sp³-hybridized carbons (Fsp3) is 0.0909. The van der Waals surface area contributed by atoms with Crippen LogP contribution in [0.25, 0.3) is 0 Å². The predicted molar refractivity (Wildman–Crippen MR) is 79.2 cm³/mol. The Kier molecular flexibility index (Phi) is 4.33. The maximum Gasteiger partial charge on any atom is 0.224 e. The van der Waals surface area contributed by atoms with Crippen molar-refractivity contribution in [2.75, 3.05) is 5.32 Å². The lowest BCUT2D eigenvalue weighted by atomic mass is 10.3. The van der Waals surface area contributed by atoms with E-state index >= 15 is 0 Å². The quantitative estimate of drug-likeness (QED) is 0.582. The maximum absolute atomic E-state index is 6.13. The smallest absolute Gasteiger partial charge is 0.224 e. The molecular weight excluding hydrogens is 360 g/mol. The number of hydrogen-bond donors (Lipinski definition) is 1. The topological polar surface area (TPSA) is 37.8 Å². The molecule has 0 saturated heterocycles.